The molecule has 1 aliphatic rings. The summed E-state index contributed by atoms with van der Waals surface area (Å²) >= 11 is 6.07. The Labute approximate surface area is 153 Å². The first kappa shape index (κ1) is 18.2. The van der Waals surface area contributed by atoms with Crippen LogP contribution >= 0.6 is 11.6 Å². The van der Waals surface area contributed by atoms with Crippen molar-refractivity contribution in [1.82, 2.24) is 4.31 Å². The highest BCUT2D eigenvalue weighted by Gasteiger charge is 2.31. The molecule has 25 heavy (non-hydrogen) atoms. The predicted molar refractivity (Wildman–Crippen MR) is 97.6 cm³/mol. The van der Waals surface area contributed by atoms with Crippen LogP contribution in [0.15, 0.2) is 53.4 Å². The van der Waals surface area contributed by atoms with Gasteiger partial charge in [0.25, 0.3) is 0 Å². The Kier molecular flexibility index (Phi) is 5.64. The lowest BCUT2D eigenvalue weighted by Crippen LogP contribution is -3.13. The van der Waals surface area contributed by atoms with E-state index < -0.39 is 10.0 Å². The lowest BCUT2D eigenvalue weighted by Gasteiger charge is -2.31. The molecule has 0 spiro atoms. The normalized spacial score (nSPS) is 16.7. The number of sulfonamides is 1. The first-order chi connectivity index (χ1) is 12.0. The number of piperazine rings is 1. The van der Waals surface area contributed by atoms with Crippen LogP contribution in [-0.4, -0.2) is 46.0 Å². The standard InChI is InChI=1S/C18H21ClN2O3S/c1-24-16-6-4-5-15(13-16)14-20-9-11-21(12-10-20)25(22,23)18-8-3-2-7-17(18)19/h2-8,13H,9-12,14H2,1H3/p+1. The molecule has 0 aromatic heterocycles. The Morgan fingerprint density at radius 3 is 2.52 bits per heavy atom. The van der Waals surface area contributed by atoms with Crippen LogP contribution < -0.4 is 9.64 Å². The van der Waals surface area contributed by atoms with Gasteiger partial charge in [-0.05, 0) is 24.3 Å². The van der Waals surface area contributed by atoms with E-state index >= 15 is 0 Å². The molecule has 0 unspecified atom stereocenters. The fourth-order valence-electron chi connectivity index (χ4n) is 3.08. The second-order valence-corrected chi connectivity index (χ2v) is 8.43. The number of nitrogens with zero attached hydrogens (tertiary/aromatic N) is 1. The lowest BCUT2D eigenvalue weighted by molar-refractivity contribution is -0.917. The highest BCUT2D eigenvalue weighted by Crippen LogP contribution is 2.24. The highest BCUT2D eigenvalue weighted by molar-refractivity contribution is 7.89. The number of nitrogens with one attached hydrogen (secondary N) is 1. The van der Waals surface area contributed by atoms with Crippen LogP contribution in [0.4, 0.5) is 0 Å². The van der Waals surface area contributed by atoms with Crippen molar-refractivity contribution in [2.45, 2.75) is 11.4 Å². The number of benzene rings is 2. The molecule has 1 N–H and O–H groups in total. The summed E-state index contributed by atoms with van der Waals surface area (Å²) in [6.45, 7) is 3.37. The van der Waals surface area contributed by atoms with Gasteiger partial charge in [-0.25, -0.2) is 8.42 Å². The van der Waals surface area contributed by atoms with E-state index in [1.807, 2.05) is 18.2 Å². The molecule has 3 rings (SSSR count). The minimum absolute atomic E-state index is 0.188. The maximum absolute atomic E-state index is 12.8. The molecule has 2 aromatic rings. The van der Waals surface area contributed by atoms with Crippen molar-refractivity contribution in [2.24, 2.45) is 0 Å². The molecule has 1 heterocycles. The molecule has 2 aromatic carbocycles. The van der Waals surface area contributed by atoms with Gasteiger partial charge in [0.2, 0.25) is 10.0 Å². The lowest BCUT2D eigenvalue weighted by atomic mass is 10.2. The Morgan fingerprint density at radius 2 is 1.84 bits per heavy atom. The zero-order chi connectivity index (χ0) is 17.9. The number of quaternary nitrogens is 1. The van der Waals surface area contributed by atoms with Gasteiger partial charge in [0.15, 0.2) is 0 Å². The Balaban J connectivity index is 1.64. The topological polar surface area (TPSA) is 51.1 Å². The number of rotatable bonds is 5. The molecule has 0 saturated carbocycles. The summed E-state index contributed by atoms with van der Waals surface area (Å²) in [5.41, 5.74) is 1.19. The van der Waals surface area contributed by atoms with Crippen molar-refractivity contribution in [1.29, 1.82) is 0 Å². The van der Waals surface area contributed by atoms with Crippen LogP contribution in [0, 0.1) is 0 Å². The van der Waals surface area contributed by atoms with Gasteiger partial charge >= 0.3 is 0 Å². The fraction of sp³-hybridized carbons (Fsp3) is 0.333. The molecule has 1 fully saturated rings. The van der Waals surface area contributed by atoms with Crippen LogP contribution in [0.5, 0.6) is 5.75 Å². The van der Waals surface area contributed by atoms with Crippen LogP contribution in [0.2, 0.25) is 5.02 Å². The quantitative estimate of drug-likeness (QED) is 0.852. The molecule has 5 nitrogen and oxygen atoms in total. The fourth-order valence-corrected chi connectivity index (χ4v) is 5.02. The molecule has 0 radical (unpaired) electrons. The number of methoxy groups -OCH3 is 1. The third-order valence-electron chi connectivity index (χ3n) is 4.47. The van der Waals surface area contributed by atoms with E-state index in [0.717, 1.165) is 25.4 Å². The second kappa shape index (κ2) is 7.74. The maximum atomic E-state index is 12.8. The average molecular weight is 382 g/mol. The third kappa shape index (κ3) is 4.15. The molecule has 7 heteroatoms. The first-order valence-corrected chi connectivity index (χ1v) is 10.0. The van der Waals surface area contributed by atoms with Crippen molar-refractivity contribution in [3.05, 3.63) is 59.1 Å². The molecule has 1 aliphatic heterocycles. The van der Waals surface area contributed by atoms with Gasteiger partial charge in [-0.2, -0.15) is 4.31 Å². The van der Waals surface area contributed by atoms with E-state index in [9.17, 15) is 8.42 Å². The van der Waals surface area contributed by atoms with Crippen LogP contribution in [0.3, 0.4) is 0 Å². The Morgan fingerprint density at radius 1 is 1.12 bits per heavy atom. The summed E-state index contributed by atoms with van der Waals surface area (Å²) in [6, 6.07) is 14.6. The average Bonchev–Trinajstić information content (AvgIpc) is 2.62. The summed E-state index contributed by atoms with van der Waals surface area (Å²) < 4.78 is 32.3. The van der Waals surface area contributed by atoms with Gasteiger partial charge in [-0.3, -0.25) is 0 Å². The van der Waals surface area contributed by atoms with Crippen LogP contribution in [-0.2, 0) is 16.6 Å². The van der Waals surface area contributed by atoms with Gasteiger partial charge in [-0.1, -0.05) is 35.9 Å². The molecular formula is C18H22ClN2O3S+. The largest absolute Gasteiger partial charge is 0.497 e. The zero-order valence-corrected chi connectivity index (χ0v) is 15.7. The summed E-state index contributed by atoms with van der Waals surface area (Å²) in [7, 11) is -1.87. The van der Waals surface area contributed by atoms with Crippen molar-refractivity contribution in [2.75, 3.05) is 33.3 Å². The van der Waals surface area contributed by atoms with Crippen molar-refractivity contribution < 1.29 is 18.1 Å². The van der Waals surface area contributed by atoms with Gasteiger partial charge < -0.3 is 9.64 Å². The SMILES string of the molecule is COc1cccc(C[NH+]2CCN(S(=O)(=O)c3ccccc3Cl)CC2)c1. The van der Waals surface area contributed by atoms with Gasteiger partial charge in [0.1, 0.15) is 17.2 Å². The van der Waals surface area contributed by atoms with Gasteiger partial charge in [0.05, 0.1) is 38.3 Å². The molecule has 0 aliphatic carbocycles. The monoisotopic (exact) mass is 381 g/mol. The summed E-state index contributed by atoms with van der Waals surface area (Å²) in [5.74, 6) is 0.844. The molecular weight excluding hydrogens is 360 g/mol. The molecule has 0 amide bonds. The highest BCUT2D eigenvalue weighted by atomic mass is 35.5. The zero-order valence-electron chi connectivity index (χ0n) is 14.1. The Bertz CT molecular complexity index is 834. The minimum Gasteiger partial charge on any atom is -0.497 e. The molecule has 0 bridgehead atoms. The number of halogens is 1. The minimum atomic E-state index is -3.53. The van der Waals surface area contributed by atoms with E-state index in [0.29, 0.717) is 13.1 Å². The van der Waals surface area contributed by atoms with Crippen molar-refractivity contribution in [3.63, 3.8) is 0 Å². The van der Waals surface area contributed by atoms with Crippen LogP contribution in [0.25, 0.3) is 0 Å². The maximum Gasteiger partial charge on any atom is 0.244 e. The van der Waals surface area contributed by atoms with E-state index in [1.165, 1.54) is 14.8 Å². The van der Waals surface area contributed by atoms with E-state index in [4.69, 9.17) is 16.3 Å². The van der Waals surface area contributed by atoms with Gasteiger partial charge in [0, 0.05) is 5.56 Å². The first-order valence-electron chi connectivity index (χ1n) is 8.22. The number of ether oxygens (including phenoxy) is 1. The molecule has 0 atom stereocenters. The number of hydrogen-bond acceptors (Lipinski definition) is 3. The number of hydrogen-bond donors (Lipinski definition) is 1. The molecule has 1 saturated heterocycles. The van der Waals surface area contributed by atoms with Crippen molar-refractivity contribution in [3.8, 4) is 5.75 Å². The van der Waals surface area contributed by atoms with E-state index in [2.05, 4.69) is 6.07 Å². The van der Waals surface area contributed by atoms with Gasteiger partial charge in [-0.15, -0.1) is 0 Å². The summed E-state index contributed by atoms with van der Waals surface area (Å²) in [6.07, 6.45) is 0. The van der Waals surface area contributed by atoms with E-state index in [1.54, 1.807) is 31.4 Å². The second-order valence-electron chi connectivity index (χ2n) is 6.11. The van der Waals surface area contributed by atoms with Crippen LogP contribution in [0.1, 0.15) is 5.56 Å². The predicted octanol–water partition coefficient (Wildman–Crippen LogP) is 1.44. The third-order valence-corrected chi connectivity index (χ3v) is 6.87. The summed E-state index contributed by atoms with van der Waals surface area (Å²) in [5, 5.41) is 0.272. The smallest absolute Gasteiger partial charge is 0.244 e. The van der Waals surface area contributed by atoms with E-state index in [-0.39, 0.29) is 9.92 Å². The Hall–Kier alpha value is -1.60. The summed E-state index contributed by atoms with van der Waals surface area (Å²) in [4.78, 5) is 1.55. The molecule has 134 valence electrons. The van der Waals surface area contributed by atoms with Crippen molar-refractivity contribution >= 4 is 21.6 Å².